The first kappa shape index (κ1) is 16.4. The Morgan fingerprint density at radius 3 is 2.57 bits per heavy atom. The summed E-state index contributed by atoms with van der Waals surface area (Å²) in [5, 5.41) is 9.75. The zero-order valence-corrected chi connectivity index (χ0v) is 14.7. The average Bonchev–Trinajstić information content (AvgIpc) is 2.50. The number of halogens is 1. The van der Waals surface area contributed by atoms with Crippen LogP contribution in [-0.2, 0) is 6.42 Å². The third-order valence-corrected chi connectivity index (χ3v) is 5.72. The fraction of sp³-hybridized carbons (Fsp3) is 0.611. The molecule has 0 radical (unpaired) electrons. The van der Waals surface area contributed by atoms with Gasteiger partial charge in [0.15, 0.2) is 0 Å². The molecule has 0 spiro atoms. The monoisotopic (exact) mass is 349 g/mol. The maximum absolute atomic E-state index is 9.75. The second-order valence-corrected chi connectivity index (χ2v) is 7.46. The highest BCUT2D eigenvalue weighted by molar-refractivity contribution is 9.10. The van der Waals surface area contributed by atoms with Crippen molar-refractivity contribution in [1.29, 1.82) is 5.26 Å². The number of ether oxygens (including phenoxy) is 1. The van der Waals surface area contributed by atoms with Gasteiger partial charge in [0, 0.05) is 4.47 Å². The van der Waals surface area contributed by atoms with Crippen molar-refractivity contribution in [2.45, 2.75) is 46.0 Å². The van der Waals surface area contributed by atoms with Crippen LogP contribution >= 0.6 is 15.9 Å². The number of nitriles is 1. The largest absolute Gasteiger partial charge is 0.497 e. The minimum atomic E-state index is -0.208. The molecule has 1 fully saturated rings. The van der Waals surface area contributed by atoms with Crippen LogP contribution in [0.25, 0.3) is 0 Å². The van der Waals surface area contributed by atoms with E-state index in [1.54, 1.807) is 7.11 Å². The van der Waals surface area contributed by atoms with Crippen LogP contribution in [0.1, 0.15) is 45.1 Å². The molecule has 0 unspecified atom stereocenters. The minimum Gasteiger partial charge on any atom is -0.497 e. The predicted octanol–water partition coefficient (Wildman–Crippen LogP) is 5.36. The van der Waals surface area contributed by atoms with Crippen molar-refractivity contribution in [2.24, 2.45) is 17.3 Å². The standard InChI is InChI=1S/C18H24BrNO/c1-13(2)14-6-8-18(12-20,9-7-14)11-15-10-16(21-3)4-5-17(15)19/h4-5,10,13-14H,6-9,11H2,1-3H3. The van der Waals surface area contributed by atoms with Gasteiger partial charge in [0.1, 0.15) is 5.75 Å². The molecule has 21 heavy (non-hydrogen) atoms. The average molecular weight is 350 g/mol. The summed E-state index contributed by atoms with van der Waals surface area (Å²) in [4.78, 5) is 0. The number of hydrogen-bond donors (Lipinski definition) is 0. The maximum Gasteiger partial charge on any atom is 0.119 e. The fourth-order valence-electron chi connectivity index (χ4n) is 3.37. The molecule has 0 N–H and O–H groups in total. The van der Waals surface area contributed by atoms with Gasteiger partial charge in [-0.05, 0) is 67.7 Å². The van der Waals surface area contributed by atoms with E-state index < -0.39 is 0 Å². The van der Waals surface area contributed by atoms with Gasteiger partial charge in [-0.25, -0.2) is 0 Å². The Balaban J connectivity index is 2.15. The normalized spacial score (nSPS) is 25.6. The second-order valence-electron chi connectivity index (χ2n) is 6.61. The van der Waals surface area contributed by atoms with Crippen LogP contribution in [-0.4, -0.2) is 7.11 Å². The lowest BCUT2D eigenvalue weighted by Gasteiger charge is -2.37. The molecule has 0 aliphatic heterocycles. The van der Waals surface area contributed by atoms with Crippen molar-refractivity contribution in [3.8, 4) is 11.8 Å². The molecule has 0 heterocycles. The van der Waals surface area contributed by atoms with Crippen LogP contribution in [0.2, 0.25) is 0 Å². The van der Waals surface area contributed by atoms with Gasteiger partial charge in [0.05, 0.1) is 18.6 Å². The lowest BCUT2D eigenvalue weighted by molar-refractivity contribution is 0.174. The zero-order valence-electron chi connectivity index (χ0n) is 13.2. The second kappa shape index (κ2) is 6.83. The number of benzene rings is 1. The Bertz CT molecular complexity index is 525. The summed E-state index contributed by atoms with van der Waals surface area (Å²) in [6, 6.07) is 8.64. The Hall–Kier alpha value is -1.01. The first-order chi connectivity index (χ1) is 9.99. The quantitative estimate of drug-likeness (QED) is 0.733. The molecular formula is C18H24BrNO. The van der Waals surface area contributed by atoms with Gasteiger partial charge < -0.3 is 4.74 Å². The molecular weight excluding hydrogens is 326 g/mol. The Morgan fingerprint density at radius 2 is 2.05 bits per heavy atom. The van der Waals surface area contributed by atoms with E-state index in [1.165, 1.54) is 18.4 Å². The third-order valence-electron chi connectivity index (χ3n) is 4.95. The minimum absolute atomic E-state index is 0.208. The van der Waals surface area contributed by atoms with Crippen LogP contribution in [0.4, 0.5) is 0 Å². The first-order valence-electron chi connectivity index (χ1n) is 7.73. The van der Waals surface area contributed by atoms with E-state index in [0.29, 0.717) is 0 Å². The number of hydrogen-bond acceptors (Lipinski definition) is 2. The Morgan fingerprint density at radius 1 is 1.38 bits per heavy atom. The SMILES string of the molecule is COc1ccc(Br)c(CC2(C#N)CCC(C(C)C)CC2)c1. The summed E-state index contributed by atoms with van der Waals surface area (Å²) in [6.07, 6.45) is 5.18. The van der Waals surface area contributed by atoms with Crippen LogP contribution in [0.3, 0.4) is 0 Å². The van der Waals surface area contributed by atoms with Gasteiger partial charge in [-0.2, -0.15) is 5.26 Å². The highest BCUT2D eigenvalue weighted by Gasteiger charge is 2.36. The van der Waals surface area contributed by atoms with E-state index in [4.69, 9.17) is 4.74 Å². The molecule has 1 aliphatic rings. The highest BCUT2D eigenvalue weighted by Crippen LogP contribution is 2.44. The Kier molecular flexibility index (Phi) is 5.32. The maximum atomic E-state index is 9.75. The van der Waals surface area contributed by atoms with Crippen molar-refractivity contribution in [2.75, 3.05) is 7.11 Å². The molecule has 0 aromatic heterocycles. The molecule has 114 valence electrons. The van der Waals surface area contributed by atoms with E-state index in [-0.39, 0.29) is 5.41 Å². The van der Waals surface area contributed by atoms with Gasteiger partial charge in [-0.3, -0.25) is 0 Å². The first-order valence-corrected chi connectivity index (χ1v) is 8.52. The summed E-state index contributed by atoms with van der Waals surface area (Å²) in [5.74, 6) is 2.36. The van der Waals surface area contributed by atoms with Crippen molar-refractivity contribution in [3.05, 3.63) is 28.2 Å². The summed E-state index contributed by atoms with van der Waals surface area (Å²) >= 11 is 3.61. The Labute approximate surface area is 136 Å². The van der Waals surface area contributed by atoms with Crippen LogP contribution < -0.4 is 4.74 Å². The molecule has 1 saturated carbocycles. The predicted molar refractivity (Wildman–Crippen MR) is 89.2 cm³/mol. The van der Waals surface area contributed by atoms with Crippen molar-refractivity contribution >= 4 is 15.9 Å². The van der Waals surface area contributed by atoms with Gasteiger partial charge in [-0.1, -0.05) is 29.8 Å². The van der Waals surface area contributed by atoms with Crippen LogP contribution in [0, 0.1) is 28.6 Å². The number of rotatable bonds is 4. The fourth-order valence-corrected chi connectivity index (χ4v) is 3.75. The van der Waals surface area contributed by atoms with Gasteiger partial charge in [0.25, 0.3) is 0 Å². The molecule has 0 bridgehead atoms. The molecule has 2 rings (SSSR count). The third kappa shape index (κ3) is 3.80. The zero-order chi connectivity index (χ0) is 15.5. The van der Waals surface area contributed by atoms with E-state index in [1.807, 2.05) is 12.1 Å². The molecule has 2 nitrogen and oxygen atoms in total. The topological polar surface area (TPSA) is 33.0 Å². The lowest BCUT2D eigenvalue weighted by atomic mass is 9.66. The van der Waals surface area contributed by atoms with Crippen molar-refractivity contribution < 1.29 is 4.74 Å². The summed E-state index contributed by atoms with van der Waals surface area (Å²) in [6.45, 7) is 4.59. The van der Waals surface area contributed by atoms with Crippen LogP contribution in [0.5, 0.6) is 5.75 Å². The van der Waals surface area contributed by atoms with Gasteiger partial charge in [-0.15, -0.1) is 0 Å². The van der Waals surface area contributed by atoms with E-state index >= 15 is 0 Å². The van der Waals surface area contributed by atoms with Crippen molar-refractivity contribution in [3.63, 3.8) is 0 Å². The molecule has 1 aromatic carbocycles. The summed E-state index contributed by atoms with van der Waals surface area (Å²) in [7, 11) is 1.68. The molecule has 1 aromatic rings. The highest BCUT2D eigenvalue weighted by atomic mass is 79.9. The molecule has 3 heteroatoms. The van der Waals surface area contributed by atoms with E-state index in [2.05, 4.69) is 41.9 Å². The molecule has 1 aliphatic carbocycles. The smallest absolute Gasteiger partial charge is 0.119 e. The van der Waals surface area contributed by atoms with E-state index in [9.17, 15) is 5.26 Å². The number of nitrogens with zero attached hydrogens (tertiary/aromatic N) is 1. The molecule has 0 saturated heterocycles. The van der Waals surface area contributed by atoms with Crippen molar-refractivity contribution in [1.82, 2.24) is 0 Å². The van der Waals surface area contributed by atoms with E-state index in [0.717, 1.165) is 41.3 Å². The lowest BCUT2D eigenvalue weighted by Crippen LogP contribution is -2.30. The summed E-state index contributed by atoms with van der Waals surface area (Å²) < 4.78 is 6.38. The van der Waals surface area contributed by atoms with Crippen LogP contribution in [0.15, 0.2) is 22.7 Å². The molecule has 0 atom stereocenters. The summed E-state index contributed by atoms with van der Waals surface area (Å²) in [5.41, 5.74) is 0.971. The molecule has 0 amide bonds. The number of methoxy groups -OCH3 is 1. The van der Waals surface area contributed by atoms with Gasteiger partial charge in [0.2, 0.25) is 0 Å². The van der Waals surface area contributed by atoms with Gasteiger partial charge >= 0.3 is 0 Å².